The Balaban J connectivity index is 1.47. The van der Waals surface area contributed by atoms with Gasteiger partial charge in [0.25, 0.3) is 0 Å². The minimum Gasteiger partial charge on any atom is -0.507 e. The van der Waals surface area contributed by atoms with Crippen LogP contribution in [0.15, 0.2) is 29.6 Å². The van der Waals surface area contributed by atoms with Crippen LogP contribution in [0.1, 0.15) is 76.4 Å². The van der Waals surface area contributed by atoms with E-state index in [1.165, 1.54) is 14.2 Å². The van der Waals surface area contributed by atoms with Crippen LogP contribution < -0.4 is 14.8 Å². The number of urea groups is 1. The van der Waals surface area contributed by atoms with Gasteiger partial charge in [-0.05, 0) is 41.9 Å². The number of benzene rings is 2. The number of likely N-dealkylation sites (tertiary alicyclic amines) is 1. The van der Waals surface area contributed by atoms with Gasteiger partial charge in [-0.2, -0.15) is 0 Å². The molecule has 0 spiro atoms. The van der Waals surface area contributed by atoms with Gasteiger partial charge in [0.05, 0.1) is 35.6 Å². The Morgan fingerprint density at radius 1 is 1.00 bits per heavy atom. The van der Waals surface area contributed by atoms with Gasteiger partial charge in [0.15, 0.2) is 0 Å². The highest BCUT2D eigenvalue weighted by molar-refractivity contribution is 7.10. The zero-order valence-corrected chi connectivity index (χ0v) is 26.2. The molecule has 2 N–H and O–H groups in total. The van der Waals surface area contributed by atoms with E-state index in [0.29, 0.717) is 41.0 Å². The van der Waals surface area contributed by atoms with Crippen molar-refractivity contribution in [1.82, 2.24) is 9.88 Å². The fraction of sp³-hybridized carbons (Fsp3) is 0.484. The van der Waals surface area contributed by atoms with Gasteiger partial charge in [-0.3, -0.25) is 0 Å². The van der Waals surface area contributed by atoms with Crippen molar-refractivity contribution in [2.45, 2.75) is 71.1 Å². The summed E-state index contributed by atoms with van der Waals surface area (Å²) in [5.41, 5.74) is 3.92. The van der Waals surface area contributed by atoms with Crippen molar-refractivity contribution in [2.75, 3.05) is 32.6 Å². The summed E-state index contributed by atoms with van der Waals surface area (Å²) in [6, 6.07) is 7.27. The molecule has 1 aliphatic rings. The number of phenols is 1. The van der Waals surface area contributed by atoms with Crippen molar-refractivity contribution in [3.05, 3.63) is 50.8 Å². The molecule has 1 fully saturated rings. The average molecular weight is 586 g/mol. The van der Waals surface area contributed by atoms with E-state index in [2.05, 4.69) is 64.4 Å². The molecule has 216 valence electrons. The van der Waals surface area contributed by atoms with Gasteiger partial charge in [0.2, 0.25) is 0 Å². The third-order valence-corrected chi connectivity index (χ3v) is 8.69. The van der Waals surface area contributed by atoms with E-state index >= 15 is 0 Å². The number of rotatable bonds is 5. The summed E-state index contributed by atoms with van der Waals surface area (Å²) in [4.78, 5) is 19.9. The summed E-state index contributed by atoms with van der Waals surface area (Å²) in [6.45, 7) is 14.0. The van der Waals surface area contributed by atoms with Crippen LogP contribution in [0.5, 0.6) is 17.2 Å². The van der Waals surface area contributed by atoms with Crippen molar-refractivity contribution >= 4 is 34.7 Å². The molecule has 0 radical (unpaired) electrons. The average Bonchev–Trinajstić information content (AvgIpc) is 3.38. The van der Waals surface area contributed by atoms with E-state index in [1.807, 2.05) is 4.90 Å². The minimum atomic E-state index is -0.201. The van der Waals surface area contributed by atoms with E-state index in [4.69, 9.17) is 26.1 Å². The number of nitrogens with zero attached hydrogens (tertiary/aromatic N) is 2. The maximum Gasteiger partial charge on any atom is 0.321 e. The highest BCUT2D eigenvalue weighted by Gasteiger charge is 2.29. The van der Waals surface area contributed by atoms with E-state index in [0.717, 1.165) is 40.2 Å². The molecule has 4 rings (SSSR count). The van der Waals surface area contributed by atoms with Gasteiger partial charge in [-0.15, -0.1) is 11.3 Å². The van der Waals surface area contributed by atoms with Crippen LogP contribution in [0, 0.1) is 0 Å². The number of hydrogen-bond acceptors (Lipinski definition) is 6. The maximum absolute atomic E-state index is 13.0. The van der Waals surface area contributed by atoms with Crippen LogP contribution in [0.2, 0.25) is 5.02 Å². The second-order valence-corrected chi connectivity index (χ2v) is 13.7. The monoisotopic (exact) mass is 585 g/mol. The van der Waals surface area contributed by atoms with Crippen molar-refractivity contribution < 1.29 is 19.4 Å². The molecule has 9 heteroatoms. The van der Waals surface area contributed by atoms with Crippen LogP contribution >= 0.6 is 22.9 Å². The molecule has 1 aromatic heterocycles. The summed E-state index contributed by atoms with van der Waals surface area (Å²) < 4.78 is 10.7. The highest BCUT2D eigenvalue weighted by Crippen LogP contribution is 2.43. The van der Waals surface area contributed by atoms with Gasteiger partial charge >= 0.3 is 6.03 Å². The predicted octanol–water partition coefficient (Wildman–Crippen LogP) is 8.19. The van der Waals surface area contributed by atoms with Crippen molar-refractivity contribution in [2.24, 2.45) is 0 Å². The maximum atomic E-state index is 13.0. The number of carbonyl (C=O) groups is 1. The Morgan fingerprint density at radius 3 is 2.10 bits per heavy atom. The predicted molar refractivity (Wildman–Crippen MR) is 164 cm³/mol. The number of ether oxygens (including phenoxy) is 2. The fourth-order valence-electron chi connectivity index (χ4n) is 5.02. The van der Waals surface area contributed by atoms with Gasteiger partial charge in [-0.25, -0.2) is 9.78 Å². The number of piperidine rings is 1. The van der Waals surface area contributed by atoms with Crippen LogP contribution in [-0.2, 0) is 10.8 Å². The minimum absolute atomic E-state index is 0.189. The third-order valence-electron chi connectivity index (χ3n) is 7.39. The quantitative estimate of drug-likeness (QED) is 0.315. The number of aromatic nitrogens is 1. The van der Waals surface area contributed by atoms with Crippen LogP contribution in [0.3, 0.4) is 0 Å². The second-order valence-electron chi connectivity index (χ2n) is 12.4. The molecule has 2 heterocycles. The molecule has 2 amide bonds. The summed E-state index contributed by atoms with van der Waals surface area (Å²) >= 11 is 7.93. The first-order valence-corrected chi connectivity index (χ1v) is 14.8. The summed E-state index contributed by atoms with van der Waals surface area (Å²) in [5.74, 6) is 1.63. The SMILES string of the molecule is COc1cc(OC)c(NC(=O)N2CCC(c3nc(-c4cc(C(C)(C)C)c(O)c(C(C)(C)C)c4)cs3)CC2)cc1Cl. The van der Waals surface area contributed by atoms with Gasteiger partial charge in [-0.1, -0.05) is 53.1 Å². The summed E-state index contributed by atoms with van der Waals surface area (Å²) in [7, 11) is 3.07. The number of phenolic OH excluding ortho intramolecular Hbond substituents is 1. The number of anilines is 1. The molecular formula is C31H40ClN3O4S. The van der Waals surface area contributed by atoms with Crippen LogP contribution in [-0.4, -0.2) is 48.3 Å². The molecule has 1 aliphatic heterocycles. The smallest absolute Gasteiger partial charge is 0.321 e. The first kappa shape index (κ1) is 30.0. The molecule has 0 atom stereocenters. The van der Waals surface area contributed by atoms with Gasteiger partial charge in [0, 0.05) is 47.1 Å². The van der Waals surface area contributed by atoms with Gasteiger partial charge in [0.1, 0.15) is 17.2 Å². The summed E-state index contributed by atoms with van der Waals surface area (Å²) in [6.07, 6.45) is 1.66. The van der Waals surface area contributed by atoms with E-state index in [9.17, 15) is 9.90 Å². The normalized spacial score (nSPS) is 14.8. The lowest BCUT2D eigenvalue weighted by Gasteiger charge is -2.31. The molecule has 0 saturated carbocycles. The topological polar surface area (TPSA) is 83.9 Å². The molecule has 7 nitrogen and oxygen atoms in total. The number of amides is 2. The Hall–Kier alpha value is -2.97. The molecule has 2 aromatic carbocycles. The van der Waals surface area contributed by atoms with Crippen LogP contribution in [0.25, 0.3) is 11.3 Å². The number of hydrogen-bond donors (Lipinski definition) is 2. The van der Waals surface area contributed by atoms with Crippen molar-refractivity contribution in [3.63, 3.8) is 0 Å². The molecular weight excluding hydrogens is 546 g/mol. The first-order valence-electron chi connectivity index (χ1n) is 13.5. The van der Waals surface area contributed by atoms with Crippen LogP contribution in [0.4, 0.5) is 10.5 Å². The largest absolute Gasteiger partial charge is 0.507 e. The lowest BCUT2D eigenvalue weighted by Crippen LogP contribution is -2.40. The highest BCUT2D eigenvalue weighted by atomic mass is 35.5. The molecule has 0 bridgehead atoms. The fourth-order valence-corrected chi connectivity index (χ4v) is 6.26. The zero-order valence-electron chi connectivity index (χ0n) is 24.6. The number of carbonyl (C=O) groups excluding carboxylic acids is 1. The number of aromatic hydroxyl groups is 1. The molecule has 1 saturated heterocycles. The third kappa shape index (κ3) is 6.33. The van der Waals surface area contributed by atoms with E-state index < -0.39 is 0 Å². The Bertz CT molecular complexity index is 1350. The number of methoxy groups -OCH3 is 2. The molecule has 0 unspecified atom stereocenters. The lowest BCUT2D eigenvalue weighted by molar-refractivity contribution is 0.194. The Morgan fingerprint density at radius 2 is 1.57 bits per heavy atom. The Labute approximate surface area is 246 Å². The second kappa shape index (κ2) is 11.5. The number of thiazole rings is 1. The first-order chi connectivity index (χ1) is 18.7. The standard InChI is InChI=1S/C31H40ClN3O4S/c1-30(2,3)20-13-19(14-21(27(20)36)31(4,5)6)24-17-40-28(33-24)18-9-11-35(12-10-18)29(37)34-23-15-22(32)25(38-7)16-26(23)39-8/h13-18,36H,9-12H2,1-8H3,(H,34,37). The molecule has 3 aromatic rings. The van der Waals surface area contributed by atoms with E-state index in [1.54, 1.807) is 23.5 Å². The molecule has 40 heavy (non-hydrogen) atoms. The zero-order chi connectivity index (χ0) is 29.4. The lowest BCUT2D eigenvalue weighted by atomic mass is 9.78. The summed E-state index contributed by atoms with van der Waals surface area (Å²) in [5, 5.41) is 17.6. The van der Waals surface area contributed by atoms with E-state index in [-0.39, 0.29) is 22.8 Å². The number of nitrogens with one attached hydrogen (secondary N) is 1. The van der Waals surface area contributed by atoms with Crippen molar-refractivity contribution in [1.29, 1.82) is 0 Å². The van der Waals surface area contributed by atoms with Crippen molar-refractivity contribution in [3.8, 4) is 28.5 Å². The molecule has 0 aliphatic carbocycles. The number of halogens is 1. The Kier molecular flexibility index (Phi) is 8.62. The van der Waals surface area contributed by atoms with Gasteiger partial charge < -0.3 is 24.8 Å².